The van der Waals surface area contributed by atoms with E-state index in [1.54, 1.807) is 6.92 Å². The molecule has 0 saturated carbocycles. The molecule has 0 atom stereocenters. The van der Waals surface area contributed by atoms with E-state index in [0.717, 1.165) is 13.3 Å². The first-order valence-corrected chi connectivity index (χ1v) is 5.24. The lowest BCUT2D eigenvalue weighted by molar-refractivity contribution is -0.141. The van der Waals surface area contributed by atoms with Gasteiger partial charge in [-0.1, -0.05) is 6.92 Å². The number of carboxylic acid groups (broad SMARTS) is 1. The first-order chi connectivity index (χ1) is 7.77. The largest absolute Gasteiger partial charge is 0.481 e. The van der Waals surface area contributed by atoms with Gasteiger partial charge in [0, 0.05) is 20.8 Å². The fourth-order valence-corrected chi connectivity index (χ4v) is 0.449. The average molecular weight is 250 g/mol. The summed E-state index contributed by atoms with van der Waals surface area (Å²) in [5, 5.41) is 7.42. The zero-order chi connectivity index (χ0) is 14.3. The van der Waals surface area contributed by atoms with Gasteiger partial charge in [-0.05, 0) is 13.3 Å². The molecular weight excluding hydrogens is 228 g/mol. The summed E-state index contributed by atoms with van der Waals surface area (Å²) in [5.74, 6) is -1.24. The summed E-state index contributed by atoms with van der Waals surface area (Å²) in [6, 6.07) is 0. The molecule has 102 valence electrons. The minimum Gasteiger partial charge on any atom is -0.481 e. The summed E-state index contributed by atoms with van der Waals surface area (Å²) in [6.45, 7) is 8.66. The van der Waals surface area contributed by atoms with E-state index >= 15 is 0 Å². The maximum Gasteiger partial charge on any atom is 0.302 e. The van der Waals surface area contributed by atoms with Crippen molar-refractivity contribution in [3.63, 3.8) is 0 Å². The lowest BCUT2D eigenvalue weighted by Crippen LogP contribution is -1.98. The Bertz CT molecular complexity index is 208. The number of aliphatic carboxylic acids is 1. The fraction of sp³-hybridized carbons (Fsp3) is 0.727. The van der Waals surface area contributed by atoms with E-state index < -0.39 is 5.97 Å². The first kappa shape index (κ1) is 20.8. The highest BCUT2D eigenvalue weighted by Gasteiger charge is 1.85. The number of hydrogen-bond acceptors (Lipinski definition) is 5. The van der Waals surface area contributed by atoms with E-state index in [1.165, 1.54) is 13.8 Å². The highest BCUT2D eigenvalue weighted by atomic mass is 16.5. The number of ether oxygens (including phenoxy) is 2. The quantitative estimate of drug-likeness (QED) is 0.765. The lowest BCUT2D eigenvalue weighted by Gasteiger charge is -1.93. The van der Waals surface area contributed by atoms with Gasteiger partial charge in [-0.3, -0.25) is 14.4 Å². The lowest BCUT2D eigenvalue weighted by atomic mass is 10.5. The molecule has 0 saturated heterocycles. The number of carbonyl (C=O) groups excluding carboxylic acids is 2. The van der Waals surface area contributed by atoms with Crippen LogP contribution in [0.2, 0.25) is 0 Å². The number of hydrogen-bond donors (Lipinski definition) is 1. The van der Waals surface area contributed by atoms with E-state index in [2.05, 4.69) is 9.47 Å². The van der Waals surface area contributed by atoms with Gasteiger partial charge >= 0.3 is 11.9 Å². The normalized spacial score (nSPS) is 7.59. The molecule has 6 heteroatoms. The van der Waals surface area contributed by atoms with Crippen LogP contribution in [0.1, 0.15) is 41.0 Å². The molecule has 0 bridgehead atoms. The second-order valence-corrected chi connectivity index (χ2v) is 2.78. The van der Waals surface area contributed by atoms with Gasteiger partial charge in [-0.15, -0.1) is 0 Å². The highest BCUT2D eigenvalue weighted by Crippen LogP contribution is 1.78. The molecule has 0 amide bonds. The monoisotopic (exact) mass is 250 g/mol. The zero-order valence-electron chi connectivity index (χ0n) is 11.1. The molecule has 0 aromatic heterocycles. The summed E-state index contributed by atoms with van der Waals surface area (Å²) >= 11 is 0. The Hall–Kier alpha value is -1.59. The van der Waals surface area contributed by atoms with Gasteiger partial charge < -0.3 is 14.6 Å². The Balaban J connectivity index is -0.000000180. The number of carbonyl (C=O) groups is 3. The zero-order valence-corrected chi connectivity index (χ0v) is 11.1. The van der Waals surface area contributed by atoms with Crippen LogP contribution in [0.3, 0.4) is 0 Å². The van der Waals surface area contributed by atoms with Gasteiger partial charge in [0.15, 0.2) is 0 Å². The predicted octanol–water partition coefficient (Wildman–Crippen LogP) is 1.62. The molecule has 0 aromatic rings. The minimum absolute atomic E-state index is 0.193. The molecule has 0 aromatic carbocycles. The Morgan fingerprint density at radius 2 is 1.29 bits per heavy atom. The van der Waals surface area contributed by atoms with Gasteiger partial charge in [0.25, 0.3) is 5.97 Å². The van der Waals surface area contributed by atoms with Gasteiger partial charge in [0.1, 0.15) is 0 Å². The molecule has 1 N–H and O–H groups in total. The molecule has 0 fully saturated rings. The predicted molar refractivity (Wildman–Crippen MR) is 62.5 cm³/mol. The highest BCUT2D eigenvalue weighted by molar-refractivity contribution is 5.66. The number of carboxylic acids is 1. The van der Waals surface area contributed by atoms with Crippen LogP contribution < -0.4 is 0 Å². The Labute approximate surface area is 102 Å². The van der Waals surface area contributed by atoms with Crippen LogP contribution >= 0.6 is 0 Å². The van der Waals surface area contributed by atoms with Crippen LogP contribution in [0.5, 0.6) is 0 Å². The van der Waals surface area contributed by atoms with Gasteiger partial charge in [0.05, 0.1) is 13.2 Å². The van der Waals surface area contributed by atoms with Crippen molar-refractivity contribution < 1.29 is 29.0 Å². The van der Waals surface area contributed by atoms with Crippen LogP contribution in [0.25, 0.3) is 0 Å². The van der Waals surface area contributed by atoms with Crippen molar-refractivity contribution >= 4 is 17.9 Å². The maximum absolute atomic E-state index is 9.98. The van der Waals surface area contributed by atoms with Crippen LogP contribution in [-0.4, -0.2) is 36.2 Å². The fourth-order valence-electron chi connectivity index (χ4n) is 0.449. The van der Waals surface area contributed by atoms with Gasteiger partial charge in [-0.25, -0.2) is 0 Å². The number of esters is 2. The molecule has 6 nitrogen and oxygen atoms in total. The average Bonchev–Trinajstić information content (AvgIpc) is 2.14. The van der Waals surface area contributed by atoms with Gasteiger partial charge in [-0.2, -0.15) is 0 Å². The summed E-state index contributed by atoms with van der Waals surface area (Å²) < 4.78 is 8.95. The number of rotatable bonds is 3. The van der Waals surface area contributed by atoms with E-state index in [-0.39, 0.29) is 11.9 Å². The van der Waals surface area contributed by atoms with Crippen molar-refractivity contribution in [3.8, 4) is 0 Å². The summed E-state index contributed by atoms with van der Waals surface area (Å²) in [4.78, 5) is 28.8. The van der Waals surface area contributed by atoms with Crippen molar-refractivity contribution in [3.05, 3.63) is 0 Å². The summed E-state index contributed by atoms with van der Waals surface area (Å²) in [5.41, 5.74) is 0. The van der Waals surface area contributed by atoms with Crippen LogP contribution in [-0.2, 0) is 23.9 Å². The van der Waals surface area contributed by atoms with E-state index in [9.17, 15) is 9.59 Å². The van der Waals surface area contributed by atoms with Crippen molar-refractivity contribution in [1.82, 2.24) is 0 Å². The van der Waals surface area contributed by atoms with Crippen LogP contribution in [0.4, 0.5) is 0 Å². The van der Waals surface area contributed by atoms with Crippen molar-refractivity contribution in [2.45, 2.75) is 41.0 Å². The summed E-state index contributed by atoms with van der Waals surface area (Å²) in [7, 11) is 0. The smallest absolute Gasteiger partial charge is 0.302 e. The third-order valence-electron chi connectivity index (χ3n) is 0.857. The van der Waals surface area contributed by atoms with Crippen molar-refractivity contribution in [1.29, 1.82) is 0 Å². The molecular formula is C11H22O6. The third kappa shape index (κ3) is 75.8. The molecule has 0 unspecified atom stereocenters. The molecule has 0 aliphatic rings. The molecule has 0 rings (SSSR count). The minimum atomic E-state index is -0.833. The van der Waals surface area contributed by atoms with E-state index in [4.69, 9.17) is 9.90 Å². The third-order valence-corrected chi connectivity index (χ3v) is 0.857. The maximum atomic E-state index is 9.98. The summed E-state index contributed by atoms with van der Waals surface area (Å²) in [6.07, 6.45) is 0.902. The Morgan fingerprint density at radius 3 is 1.35 bits per heavy atom. The molecule has 0 heterocycles. The molecule has 0 radical (unpaired) electrons. The molecule has 0 aliphatic carbocycles. The SMILES string of the molecule is CC(=O)O.CCCOC(C)=O.CCOC(C)=O. The van der Waals surface area contributed by atoms with Crippen LogP contribution in [0.15, 0.2) is 0 Å². The Kier molecular flexibility index (Phi) is 20.6. The van der Waals surface area contributed by atoms with Crippen LogP contribution in [0, 0.1) is 0 Å². The Morgan fingerprint density at radius 1 is 0.941 bits per heavy atom. The molecule has 17 heavy (non-hydrogen) atoms. The second kappa shape index (κ2) is 16.8. The van der Waals surface area contributed by atoms with E-state index in [0.29, 0.717) is 13.2 Å². The van der Waals surface area contributed by atoms with Gasteiger partial charge in [0.2, 0.25) is 0 Å². The van der Waals surface area contributed by atoms with E-state index in [1.807, 2.05) is 6.92 Å². The second-order valence-electron chi connectivity index (χ2n) is 2.78. The standard InChI is InChI=1S/C5H10O2.C4H8O2.C2H4O2/c1-3-4-7-5(2)6;1-3-6-4(2)5;1-2(3)4/h3-4H2,1-2H3;3H2,1-2H3;1H3,(H,3,4). The first-order valence-electron chi connectivity index (χ1n) is 5.24. The topological polar surface area (TPSA) is 89.9 Å². The van der Waals surface area contributed by atoms with Crippen molar-refractivity contribution in [2.75, 3.05) is 13.2 Å². The molecule has 0 spiro atoms. The molecule has 0 aliphatic heterocycles. The van der Waals surface area contributed by atoms with Crippen molar-refractivity contribution in [2.24, 2.45) is 0 Å².